The number of hydrogen-bond donors (Lipinski definition) is 0. The lowest BCUT2D eigenvalue weighted by atomic mass is 9.88. The number of rotatable bonds is 11. The molecule has 0 aliphatic rings. The van der Waals surface area contributed by atoms with E-state index in [1.807, 2.05) is 0 Å². The zero-order valence-corrected chi connectivity index (χ0v) is 23.5. The third-order valence-electron chi connectivity index (χ3n) is 7.94. The summed E-state index contributed by atoms with van der Waals surface area (Å²) in [6.45, 7) is 9.14. The van der Waals surface area contributed by atoms with E-state index in [0.29, 0.717) is 11.8 Å². The summed E-state index contributed by atoms with van der Waals surface area (Å²) >= 11 is 0. The van der Waals surface area contributed by atoms with E-state index >= 15 is 0 Å². The SMILES string of the molecule is CCC(CC)c1ccc(C(=CC=C(c2ccccc2)c2ccccc2)c2ccc(C(CC)CC)cc2)cc1. The lowest BCUT2D eigenvalue weighted by Gasteiger charge is -2.16. The molecule has 0 aromatic heterocycles. The van der Waals surface area contributed by atoms with Crippen molar-refractivity contribution in [2.24, 2.45) is 0 Å². The summed E-state index contributed by atoms with van der Waals surface area (Å²) in [5, 5.41) is 0. The zero-order valence-electron chi connectivity index (χ0n) is 23.5. The molecule has 0 saturated heterocycles. The third-order valence-corrected chi connectivity index (χ3v) is 7.94. The van der Waals surface area contributed by atoms with Gasteiger partial charge in [-0.25, -0.2) is 0 Å². The molecule has 0 unspecified atom stereocenters. The van der Waals surface area contributed by atoms with E-state index < -0.39 is 0 Å². The molecule has 4 aromatic rings. The molecule has 4 rings (SSSR count). The fraction of sp³-hybridized carbons (Fsp3) is 0.263. The number of allylic oxidation sites excluding steroid dienone is 2. The monoisotopic (exact) mass is 498 g/mol. The second kappa shape index (κ2) is 13.8. The predicted molar refractivity (Wildman–Crippen MR) is 167 cm³/mol. The normalized spacial score (nSPS) is 11.0. The van der Waals surface area contributed by atoms with Crippen LogP contribution in [0.5, 0.6) is 0 Å². The van der Waals surface area contributed by atoms with Crippen LogP contribution in [0.25, 0.3) is 11.1 Å². The molecule has 38 heavy (non-hydrogen) atoms. The Balaban J connectivity index is 1.83. The molecule has 0 atom stereocenters. The Bertz CT molecular complexity index is 1200. The van der Waals surface area contributed by atoms with Crippen molar-refractivity contribution in [3.63, 3.8) is 0 Å². The molecule has 0 saturated carbocycles. The molecule has 0 fully saturated rings. The van der Waals surface area contributed by atoms with Gasteiger partial charge < -0.3 is 0 Å². The van der Waals surface area contributed by atoms with Crippen LogP contribution < -0.4 is 0 Å². The lowest BCUT2D eigenvalue weighted by molar-refractivity contribution is 0.642. The molecule has 0 amide bonds. The molecule has 0 spiro atoms. The van der Waals surface area contributed by atoms with Crippen LogP contribution in [0.3, 0.4) is 0 Å². The van der Waals surface area contributed by atoms with Gasteiger partial charge in [-0.05, 0) is 82.0 Å². The van der Waals surface area contributed by atoms with Gasteiger partial charge in [0.1, 0.15) is 0 Å². The average Bonchev–Trinajstić information content (AvgIpc) is 2.99. The summed E-state index contributed by atoms with van der Waals surface area (Å²) in [5.41, 5.74) is 10.3. The van der Waals surface area contributed by atoms with Crippen LogP contribution in [0.4, 0.5) is 0 Å². The Morgan fingerprint density at radius 2 is 0.711 bits per heavy atom. The highest BCUT2D eigenvalue weighted by atomic mass is 14.2. The maximum absolute atomic E-state index is 2.33. The Morgan fingerprint density at radius 1 is 0.421 bits per heavy atom. The highest BCUT2D eigenvalue weighted by molar-refractivity contribution is 5.86. The van der Waals surface area contributed by atoms with Gasteiger partial charge in [-0.3, -0.25) is 0 Å². The fourth-order valence-electron chi connectivity index (χ4n) is 5.51. The Labute approximate surface area is 230 Å². The smallest absolute Gasteiger partial charge is 0.0111 e. The van der Waals surface area contributed by atoms with Gasteiger partial charge in [0.2, 0.25) is 0 Å². The summed E-state index contributed by atoms with van der Waals surface area (Å²) in [5.74, 6) is 1.25. The molecule has 0 heteroatoms. The quantitative estimate of drug-likeness (QED) is 0.180. The van der Waals surface area contributed by atoms with Gasteiger partial charge >= 0.3 is 0 Å². The minimum atomic E-state index is 0.624. The van der Waals surface area contributed by atoms with E-state index in [-0.39, 0.29) is 0 Å². The molecule has 0 bridgehead atoms. The van der Waals surface area contributed by atoms with Gasteiger partial charge in [0, 0.05) is 0 Å². The van der Waals surface area contributed by atoms with E-state index in [0.717, 1.165) is 0 Å². The first kappa shape index (κ1) is 27.4. The van der Waals surface area contributed by atoms with Crippen molar-refractivity contribution >= 4 is 11.1 Å². The second-order valence-corrected chi connectivity index (χ2v) is 10.2. The third kappa shape index (κ3) is 6.62. The van der Waals surface area contributed by atoms with E-state index in [2.05, 4.69) is 149 Å². The van der Waals surface area contributed by atoms with E-state index in [4.69, 9.17) is 0 Å². The first-order valence-corrected chi connectivity index (χ1v) is 14.4. The molecular weight excluding hydrogens is 456 g/mol. The van der Waals surface area contributed by atoms with Gasteiger partial charge in [-0.15, -0.1) is 0 Å². The summed E-state index contributed by atoms with van der Waals surface area (Å²) in [4.78, 5) is 0. The Hall–Kier alpha value is -3.64. The van der Waals surface area contributed by atoms with E-state index in [1.165, 1.54) is 70.2 Å². The molecule has 0 aliphatic carbocycles. The number of hydrogen-bond acceptors (Lipinski definition) is 0. The number of benzene rings is 4. The first-order chi connectivity index (χ1) is 18.7. The molecule has 0 radical (unpaired) electrons. The summed E-state index contributed by atoms with van der Waals surface area (Å²) in [7, 11) is 0. The van der Waals surface area contributed by atoms with Gasteiger partial charge in [0.25, 0.3) is 0 Å². The summed E-state index contributed by atoms with van der Waals surface area (Å²) in [6, 6.07) is 40.0. The first-order valence-electron chi connectivity index (χ1n) is 14.4. The maximum Gasteiger partial charge on any atom is -0.0111 e. The molecule has 0 aliphatic heterocycles. The van der Waals surface area contributed by atoms with Crippen molar-refractivity contribution in [1.29, 1.82) is 0 Å². The molecule has 0 N–H and O–H groups in total. The molecule has 194 valence electrons. The molecule has 0 nitrogen and oxygen atoms in total. The van der Waals surface area contributed by atoms with E-state index in [1.54, 1.807) is 0 Å². The van der Waals surface area contributed by atoms with Crippen LogP contribution in [-0.4, -0.2) is 0 Å². The highest BCUT2D eigenvalue weighted by Crippen LogP contribution is 2.31. The van der Waals surface area contributed by atoms with Crippen molar-refractivity contribution in [3.05, 3.63) is 155 Å². The fourth-order valence-corrected chi connectivity index (χ4v) is 5.51. The van der Waals surface area contributed by atoms with Crippen molar-refractivity contribution in [2.45, 2.75) is 65.2 Å². The lowest BCUT2D eigenvalue weighted by Crippen LogP contribution is -1.97. The van der Waals surface area contributed by atoms with Crippen LogP contribution in [0.2, 0.25) is 0 Å². The van der Waals surface area contributed by atoms with E-state index in [9.17, 15) is 0 Å². The Morgan fingerprint density at radius 3 is 1.00 bits per heavy atom. The van der Waals surface area contributed by atoms with Crippen molar-refractivity contribution in [1.82, 2.24) is 0 Å². The molecule has 4 aromatic carbocycles. The van der Waals surface area contributed by atoms with Gasteiger partial charge in [0.15, 0.2) is 0 Å². The average molecular weight is 499 g/mol. The van der Waals surface area contributed by atoms with Gasteiger partial charge in [-0.2, -0.15) is 0 Å². The van der Waals surface area contributed by atoms with Gasteiger partial charge in [0.05, 0.1) is 0 Å². The van der Waals surface area contributed by atoms with Crippen molar-refractivity contribution < 1.29 is 0 Å². The summed E-state index contributed by atoms with van der Waals surface area (Å²) < 4.78 is 0. The van der Waals surface area contributed by atoms with Crippen molar-refractivity contribution in [2.75, 3.05) is 0 Å². The topological polar surface area (TPSA) is 0 Å². The second-order valence-electron chi connectivity index (χ2n) is 10.2. The predicted octanol–water partition coefficient (Wildman–Crippen LogP) is 11.1. The summed E-state index contributed by atoms with van der Waals surface area (Å²) in [6.07, 6.45) is 9.32. The maximum atomic E-state index is 2.33. The minimum absolute atomic E-state index is 0.624. The van der Waals surface area contributed by atoms with Crippen LogP contribution in [0.15, 0.2) is 121 Å². The van der Waals surface area contributed by atoms with Crippen LogP contribution in [0.1, 0.15) is 98.6 Å². The van der Waals surface area contributed by atoms with Gasteiger partial charge in [-0.1, -0.05) is 149 Å². The van der Waals surface area contributed by atoms with Crippen LogP contribution in [0, 0.1) is 0 Å². The molecule has 0 heterocycles. The zero-order chi connectivity index (χ0) is 26.7. The molecular formula is C38H42. The standard InChI is InChI=1S/C38H42/c1-5-29(6-2)31-19-23-35(24-20-31)38(36-25-21-32(22-26-36)30(7-3)8-4)28-27-37(33-15-11-9-12-16-33)34-17-13-10-14-18-34/h9-30H,5-8H2,1-4H3. The minimum Gasteiger partial charge on any atom is -0.0648 e. The highest BCUT2D eigenvalue weighted by Gasteiger charge is 2.12. The van der Waals surface area contributed by atoms with Crippen LogP contribution >= 0.6 is 0 Å². The van der Waals surface area contributed by atoms with Crippen LogP contribution in [-0.2, 0) is 0 Å². The van der Waals surface area contributed by atoms with Crippen molar-refractivity contribution in [3.8, 4) is 0 Å². The Kier molecular flexibility index (Phi) is 9.93. The largest absolute Gasteiger partial charge is 0.0648 e.